The second kappa shape index (κ2) is 5.47. The molecule has 1 aromatic rings. The van der Waals surface area contributed by atoms with Crippen LogP contribution in [0.5, 0.6) is 5.75 Å². The maximum Gasteiger partial charge on any atom is 0.223 e. The highest BCUT2D eigenvalue weighted by Gasteiger charge is 2.35. The van der Waals surface area contributed by atoms with Crippen molar-refractivity contribution in [1.29, 1.82) is 0 Å². The number of hydrogen-bond acceptors (Lipinski definition) is 4. The highest BCUT2D eigenvalue weighted by atomic mass is 16.5. The number of hydrogen-bond donors (Lipinski definition) is 1. The molecule has 1 atom stereocenters. The molecule has 5 heteroatoms. The van der Waals surface area contributed by atoms with Crippen molar-refractivity contribution in [3.63, 3.8) is 0 Å². The van der Waals surface area contributed by atoms with E-state index in [0.717, 1.165) is 37.5 Å². The number of carbonyl (C=O) groups excluding carboxylic acids is 1. The third kappa shape index (κ3) is 2.77. The molecule has 2 saturated heterocycles. The van der Waals surface area contributed by atoms with Crippen LogP contribution in [0.2, 0.25) is 0 Å². The van der Waals surface area contributed by atoms with Crippen LogP contribution in [-0.2, 0) is 4.79 Å². The van der Waals surface area contributed by atoms with Crippen molar-refractivity contribution in [1.82, 2.24) is 4.90 Å². The van der Waals surface area contributed by atoms with Crippen molar-refractivity contribution in [3.05, 3.63) is 18.2 Å². The van der Waals surface area contributed by atoms with Gasteiger partial charge in [0.15, 0.2) is 0 Å². The van der Waals surface area contributed by atoms with E-state index in [9.17, 15) is 4.79 Å². The zero-order chi connectivity index (χ0) is 15.0. The van der Waals surface area contributed by atoms with Gasteiger partial charge in [0.05, 0.1) is 11.8 Å². The van der Waals surface area contributed by atoms with E-state index in [1.165, 1.54) is 0 Å². The molecule has 1 aromatic carbocycles. The Labute approximate surface area is 125 Å². The highest BCUT2D eigenvalue weighted by Crippen LogP contribution is 2.31. The molecule has 2 aliphatic heterocycles. The van der Waals surface area contributed by atoms with Gasteiger partial charge in [0.25, 0.3) is 0 Å². The molecule has 114 valence electrons. The van der Waals surface area contributed by atoms with Gasteiger partial charge in [-0.15, -0.1) is 0 Å². The van der Waals surface area contributed by atoms with Gasteiger partial charge in [-0.1, -0.05) is 0 Å². The number of carbonyl (C=O) groups is 1. The lowest BCUT2D eigenvalue weighted by Gasteiger charge is -2.39. The van der Waals surface area contributed by atoms with Gasteiger partial charge in [-0.3, -0.25) is 4.79 Å². The fourth-order valence-electron chi connectivity index (χ4n) is 3.17. The van der Waals surface area contributed by atoms with Crippen molar-refractivity contribution in [2.75, 3.05) is 30.3 Å². The quantitative estimate of drug-likeness (QED) is 0.863. The van der Waals surface area contributed by atoms with E-state index in [4.69, 9.17) is 10.5 Å². The van der Waals surface area contributed by atoms with Crippen molar-refractivity contribution in [2.24, 2.45) is 0 Å². The molecule has 1 amide bonds. The van der Waals surface area contributed by atoms with Crippen molar-refractivity contribution in [3.8, 4) is 5.75 Å². The summed E-state index contributed by atoms with van der Waals surface area (Å²) >= 11 is 0. The number of fused-ring (bicyclic) bond motifs is 1. The predicted molar refractivity (Wildman–Crippen MR) is 83.6 cm³/mol. The topological polar surface area (TPSA) is 58.8 Å². The second-order valence-electron chi connectivity index (χ2n) is 6.11. The van der Waals surface area contributed by atoms with Gasteiger partial charge < -0.3 is 20.3 Å². The van der Waals surface area contributed by atoms with E-state index in [2.05, 4.69) is 4.90 Å². The lowest BCUT2D eigenvalue weighted by molar-refractivity contribution is -0.129. The summed E-state index contributed by atoms with van der Waals surface area (Å²) in [5, 5.41) is 0. The Morgan fingerprint density at radius 3 is 2.90 bits per heavy atom. The molecule has 1 unspecified atom stereocenters. The first kappa shape index (κ1) is 14.0. The number of rotatable bonds is 3. The van der Waals surface area contributed by atoms with Crippen LogP contribution in [0.25, 0.3) is 0 Å². The zero-order valence-corrected chi connectivity index (χ0v) is 12.7. The SMILES string of the molecule is CC(C)Oc1cc(N2CCN3C(=O)CCC3C2)ccc1N. The number of nitrogen functional groups attached to an aromatic ring is 1. The molecule has 0 spiro atoms. The molecule has 21 heavy (non-hydrogen) atoms. The summed E-state index contributed by atoms with van der Waals surface area (Å²) in [7, 11) is 0. The average molecular weight is 289 g/mol. The van der Waals surface area contributed by atoms with E-state index >= 15 is 0 Å². The van der Waals surface area contributed by atoms with Crippen molar-refractivity contribution in [2.45, 2.75) is 38.8 Å². The third-order valence-corrected chi connectivity index (χ3v) is 4.22. The maximum absolute atomic E-state index is 11.7. The van der Waals surface area contributed by atoms with Crippen LogP contribution in [-0.4, -0.2) is 42.6 Å². The lowest BCUT2D eigenvalue weighted by Crippen LogP contribution is -2.51. The first-order valence-corrected chi connectivity index (χ1v) is 7.65. The van der Waals surface area contributed by atoms with E-state index in [1.54, 1.807) is 0 Å². The monoisotopic (exact) mass is 289 g/mol. The molecule has 5 nitrogen and oxygen atoms in total. The number of ether oxygens (including phenoxy) is 1. The minimum atomic E-state index is 0.104. The summed E-state index contributed by atoms with van der Waals surface area (Å²) in [6.45, 7) is 6.57. The molecule has 0 aromatic heterocycles. The minimum absolute atomic E-state index is 0.104. The summed E-state index contributed by atoms with van der Waals surface area (Å²) in [6, 6.07) is 6.31. The molecule has 2 heterocycles. The molecule has 0 radical (unpaired) electrons. The Balaban J connectivity index is 1.77. The summed E-state index contributed by atoms with van der Waals surface area (Å²) in [6.07, 6.45) is 1.77. The molecule has 2 aliphatic rings. The van der Waals surface area contributed by atoms with Crippen LogP contribution < -0.4 is 15.4 Å². The molecular formula is C16H23N3O2. The van der Waals surface area contributed by atoms with E-state index < -0.39 is 0 Å². The molecule has 0 aliphatic carbocycles. The Bertz CT molecular complexity index is 544. The molecule has 3 rings (SSSR count). The number of piperazine rings is 1. The number of nitrogens with zero attached hydrogens (tertiary/aromatic N) is 2. The predicted octanol–water partition coefficient (Wildman–Crippen LogP) is 1.87. The molecule has 0 bridgehead atoms. The zero-order valence-electron chi connectivity index (χ0n) is 12.7. The van der Waals surface area contributed by atoms with Gasteiger partial charge in [0, 0.05) is 43.9 Å². The summed E-state index contributed by atoms with van der Waals surface area (Å²) in [4.78, 5) is 16.1. The van der Waals surface area contributed by atoms with Gasteiger partial charge in [0.1, 0.15) is 5.75 Å². The van der Waals surface area contributed by atoms with Crippen molar-refractivity contribution >= 4 is 17.3 Å². The second-order valence-corrected chi connectivity index (χ2v) is 6.11. The van der Waals surface area contributed by atoms with Gasteiger partial charge in [-0.2, -0.15) is 0 Å². The summed E-state index contributed by atoms with van der Waals surface area (Å²) in [5.74, 6) is 1.05. The molecule has 0 saturated carbocycles. The number of benzene rings is 1. The smallest absolute Gasteiger partial charge is 0.223 e. The van der Waals surface area contributed by atoms with Gasteiger partial charge in [0.2, 0.25) is 5.91 Å². The third-order valence-electron chi connectivity index (χ3n) is 4.22. The Kier molecular flexibility index (Phi) is 3.66. The van der Waals surface area contributed by atoms with E-state index in [-0.39, 0.29) is 6.10 Å². The van der Waals surface area contributed by atoms with Crippen LogP contribution in [0.1, 0.15) is 26.7 Å². The standard InChI is InChI=1S/C16H23N3O2/c1-11(2)21-15-9-12(3-5-14(15)17)18-7-8-19-13(10-18)4-6-16(19)20/h3,5,9,11,13H,4,6-8,10,17H2,1-2H3. The largest absolute Gasteiger partial charge is 0.489 e. The van der Waals surface area contributed by atoms with Crippen LogP contribution >= 0.6 is 0 Å². The Hall–Kier alpha value is -1.91. The maximum atomic E-state index is 11.7. The minimum Gasteiger partial charge on any atom is -0.489 e. The molecule has 2 fully saturated rings. The Morgan fingerprint density at radius 2 is 2.14 bits per heavy atom. The average Bonchev–Trinajstić information content (AvgIpc) is 2.82. The first-order valence-electron chi connectivity index (χ1n) is 7.65. The first-order chi connectivity index (χ1) is 10.0. The number of nitrogens with two attached hydrogens (primary N) is 1. The number of anilines is 2. The van der Waals surface area contributed by atoms with Gasteiger partial charge >= 0.3 is 0 Å². The highest BCUT2D eigenvalue weighted by molar-refractivity contribution is 5.79. The van der Waals surface area contributed by atoms with Crippen LogP contribution in [0, 0.1) is 0 Å². The Morgan fingerprint density at radius 1 is 1.33 bits per heavy atom. The van der Waals surface area contributed by atoms with E-state index in [1.807, 2.05) is 36.9 Å². The van der Waals surface area contributed by atoms with Crippen LogP contribution in [0.4, 0.5) is 11.4 Å². The van der Waals surface area contributed by atoms with Crippen LogP contribution in [0.3, 0.4) is 0 Å². The normalized spacial score (nSPS) is 21.9. The number of amides is 1. The fraction of sp³-hybridized carbons (Fsp3) is 0.562. The summed E-state index contributed by atoms with van der Waals surface area (Å²) in [5.41, 5.74) is 7.77. The molecular weight excluding hydrogens is 266 g/mol. The van der Waals surface area contributed by atoms with Crippen LogP contribution in [0.15, 0.2) is 18.2 Å². The fourth-order valence-corrected chi connectivity index (χ4v) is 3.17. The van der Waals surface area contributed by atoms with E-state index in [0.29, 0.717) is 24.1 Å². The lowest BCUT2D eigenvalue weighted by atomic mass is 10.1. The van der Waals surface area contributed by atoms with Gasteiger partial charge in [-0.05, 0) is 32.4 Å². The summed E-state index contributed by atoms with van der Waals surface area (Å²) < 4.78 is 5.76. The van der Waals surface area contributed by atoms with Crippen molar-refractivity contribution < 1.29 is 9.53 Å². The molecule has 2 N–H and O–H groups in total. The van der Waals surface area contributed by atoms with Gasteiger partial charge in [-0.25, -0.2) is 0 Å².